The van der Waals surface area contributed by atoms with E-state index in [1.54, 1.807) is 0 Å². The topological polar surface area (TPSA) is 24.9 Å². The molecule has 19 heavy (non-hydrogen) atoms. The molecule has 2 nitrogen and oxygen atoms in total. The molecule has 1 aromatic heterocycles. The molecule has 0 aliphatic rings. The fourth-order valence-electron chi connectivity index (χ4n) is 2.00. The van der Waals surface area contributed by atoms with E-state index < -0.39 is 11.6 Å². The standard InChI is InChI=1S/C15H18F2N2/c1-4-5-18-13-8-12(9(2)3)19-14-7-10(16)6-11(17)15(13)14/h6-9H,4-5H2,1-3H3,(H,18,19). The van der Waals surface area contributed by atoms with Gasteiger partial charge in [-0.25, -0.2) is 8.78 Å². The lowest BCUT2D eigenvalue weighted by atomic mass is 10.1. The van der Waals surface area contributed by atoms with Crippen LogP contribution in [0.15, 0.2) is 18.2 Å². The summed E-state index contributed by atoms with van der Waals surface area (Å²) in [5.74, 6) is -0.964. The van der Waals surface area contributed by atoms with Crippen molar-refractivity contribution in [1.29, 1.82) is 0 Å². The van der Waals surface area contributed by atoms with Gasteiger partial charge in [-0.1, -0.05) is 20.8 Å². The van der Waals surface area contributed by atoms with Gasteiger partial charge in [-0.15, -0.1) is 0 Å². The first kappa shape index (κ1) is 13.7. The van der Waals surface area contributed by atoms with Crippen LogP contribution in [0, 0.1) is 11.6 Å². The third-order valence-electron chi connectivity index (χ3n) is 3.00. The highest BCUT2D eigenvalue weighted by atomic mass is 19.1. The number of nitrogens with one attached hydrogen (secondary N) is 1. The molecule has 0 spiro atoms. The van der Waals surface area contributed by atoms with E-state index in [9.17, 15) is 8.78 Å². The van der Waals surface area contributed by atoms with Crippen molar-refractivity contribution < 1.29 is 8.78 Å². The second-order valence-electron chi connectivity index (χ2n) is 4.96. The van der Waals surface area contributed by atoms with Crippen LogP contribution in [0.25, 0.3) is 10.9 Å². The van der Waals surface area contributed by atoms with Crippen molar-refractivity contribution in [1.82, 2.24) is 4.98 Å². The predicted octanol–water partition coefficient (Wildman–Crippen LogP) is 4.46. The van der Waals surface area contributed by atoms with E-state index in [-0.39, 0.29) is 5.92 Å². The molecule has 0 bridgehead atoms. The van der Waals surface area contributed by atoms with Crippen molar-refractivity contribution in [2.45, 2.75) is 33.1 Å². The second kappa shape index (κ2) is 5.51. The largest absolute Gasteiger partial charge is 0.384 e. The quantitative estimate of drug-likeness (QED) is 0.882. The minimum atomic E-state index is -0.597. The molecule has 0 saturated carbocycles. The maximum atomic E-state index is 13.9. The number of pyridine rings is 1. The Hall–Kier alpha value is -1.71. The molecular formula is C15H18F2N2. The van der Waals surface area contributed by atoms with Crippen LogP contribution < -0.4 is 5.32 Å². The lowest BCUT2D eigenvalue weighted by Gasteiger charge is -2.13. The molecule has 0 aliphatic carbocycles. The third kappa shape index (κ3) is 2.83. The van der Waals surface area contributed by atoms with Gasteiger partial charge in [0.2, 0.25) is 0 Å². The van der Waals surface area contributed by atoms with Crippen LogP contribution in [0.1, 0.15) is 38.8 Å². The Bertz CT molecular complexity index is 594. The Balaban J connectivity index is 2.67. The molecule has 4 heteroatoms. The molecule has 102 valence electrons. The maximum Gasteiger partial charge on any atom is 0.137 e. The number of hydrogen-bond acceptors (Lipinski definition) is 2. The van der Waals surface area contributed by atoms with Gasteiger partial charge in [-0.3, -0.25) is 4.98 Å². The summed E-state index contributed by atoms with van der Waals surface area (Å²) in [5, 5.41) is 3.55. The molecule has 1 aromatic carbocycles. The highest BCUT2D eigenvalue weighted by Gasteiger charge is 2.13. The van der Waals surface area contributed by atoms with Crippen LogP contribution in [-0.2, 0) is 0 Å². The number of rotatable bonds is 4. The van der Waals surface area contributed by atoms with Crippen molar-refractivity contribution >= 4 is 16.6 Å². The average Bonchev–Trinajstić information content (AvgIpc) is 2.34. The molecule has 0 unspecified atom stereocenters. The van der Waals surface area contributed by atoms with E-state index in [2.05, 4.69) is 10.3 Å². The van der Waals surface area contributed by atoms with E-state index in [1.165, 1.54) is 6.07 Å². The van der Waals surface area contributed by atoms with E-state index in [4.69, 9.17) is 0 Å². The van der Waals surface area contributed by atoms with Gasteiger partial charge in [0.25, 0.3) is 0 Å². The number of hydrogen-bond donors (Lipinski definition) is 1. The first-order valence-corrected chi connectivity index (χ1v) is 6.56. The molecule has 2 rings (SSSR count). The van der Waals surface area contributed by atoms with Crippen LogP contribution in [0.3, 0.4) is 0 Å². The Kier molecular flexibility index (Phi) is 3.98. The van der Waals surface area contributed by atoms with Crippen LogP contribution in [0.5, 0.6) is 0 Å². The van der Waals surface area contributed by atoms with Gasteiger partial charge >= 0.3 is 0 Å². The fraction of sp³-hybridized carbons (Fsp3) is 0.400. The molecule has 0 fully saturated rings. The molecule has 2 aromatic rings. The van der Waals surface area contributed by atoms with Crippen molar-refractivity contribution in [2.24, 2.45) is 0 Å². The summed E-state index contributed by atoms with van der Waals surface area (Å²) < 4.78 is 27.3. The molecule has 1 heterocycles. The van der Waals surface area contributed by atoms with Crippen LogP contribution in [0.4, 0.5) is 14.5 Å². The SMILES string of the molecule is CCCNc1cc(C(C)C)nc2cc(F)cc(F)c12. The average molecular weight is 264 g/mol. The first-order valence-electron chi connectivity index (χ1n) is 6.56. The first-order chi connectivity index (χ1) is 9.02. The van der Waals surface area contributed by atoms with Gasteiger partial charge in [0, 0.05) is 30.1 Å². The Labute approximate surface area is 111 Å². The van der Waals surface area contributed by atoms with Crippen molar-refractivity contribution in [3.8, 4) is 0 Å². The summed E-state index contributed by atoms with van der Waals surface area (Å²) in [4.78, 5) is 4.35. The lowest BCUT2D eigenvalue weighted by Crippen LogP contribution is -2.04. The number of benzene rings is 1. The van der Waals surface area contributed by atoms with Crippen molar-refractivity contribution in [3.63, 3.8) is 0 Å². The number of aromatic nitrogens is 1. The Morgan fingerprint density at radius 1 is 1.21 bits per heavy atom. The summed E-state index contributed by atoms with van der Waals surface area (Å²) in [6.07, 6.45) is 0.934. The number of nitrogens with zero attached hydrogens (tertiary/aromatic N) is 1. The molecule has 1 N–H and O–H groups in total. The molecule has 0 saturated heterocycles. The maximum absolute atomic E-state index is 13.9. The summed E-state index contributed by atoms with van der Waals surface area (Å²) in [7, 11) is 0. The predicted molar refractivity (Wildman–Crippen MR) is 74.5 cm³/mol. The van der Waals surface area contributed by atoms with Gasteiger partial charge in [0.1, 0.15) is 11.6 Å². The Morgan fingerprint density at radius 3 is 2.58 bits per heavy atom. The molecular weight excluding hydrogens is 246 g/mol. The number of fused-ring (bicyclic) bond motifs is 1. The minimum Gasteiger partial charge on any atom is -0.384 e. The zero-order valence-electron chi connectivity index (χ0n) is 11.4. The summed E-state index contributed by atoms with van der Waals surface area (Å²) in [6, 6.07) is 4.03. The smallest absolute Gasteiger partial charge is 0.137 e. The van der Waals surface area contributed by atoms with E-state index in [0.29, 0.717) is 16.6 Å². The molecule has 0 radical (unpaired) electrons. The summed E-state index contributed by atoms with van der Waals surface area (Å²) in [5.41, 5.74) is 1.88. The lowest BCUT2D eigenvalue weighted by molar-refractivity contribution is 0.591. The highest BCUT2D eigenvalue weighted by molar-refractivity contribution is 5.92. The van der Waals surface area contributed by atoms with Gasteiger partial charge < -0.3 is 5.32 Å². The van der Waals surface area contributed by atoms with Crippen molar-refractivity contribution in [3.05, 3.63) is 35.5 Å². The number of anilines is 1. The summed E-state index contributed by atoms with van der Waals surface area (Å²) >= 11 is 0. The van der Waals surface area contributed by atoms with E-state index in [1.807, 2.05) is 26.8 Å². The van der Waals surface area contributed by atoms with E-state index >= 15 is 0 Å². The third-order valence-corrected chi connectivity index (χ3v) is 3.00. The fourth-order valence-corrected chi connectivity index (χ4v) is 2.00. The van der Waals surface area contributed by atoms with Gasteiger partial charge in [0.15, 0.2) is 0 Å². The minimum absolute atomic E-state index is 0.206. The summed E-state index contributed by atoms with van der Waals surface area (Å²) in [6.45, 7) is 6.80. The normalized spacial score (nSPS) is 11.3. The van der Waals surface area contributed by atoms with Crippen LogP contribution >= 0.6 is 0 Å². The van der Waals surface area contributed by atoms with Gasteiger partial charge in [-0.05, 0) is 18.4 Å². The zero-order chi connectivity index (χ0) is 14.0. The van der Waals surface area contributed by atoms with Crippen molar-refractivity contribution in [2.75, 3.05) is 11.9 Å². The monoisotopic (exact) mass is 264 g/mol. The van der Waals surface area contributed by atoms with Crippen LogP contribution in [0.2, 0.25) is 0 Å². The highest BCUT2D eigenvalue weighted by Crippen LogP contribution is 2.29. The number of halogens is 2. The van der Waals surface area contributed by atoms with Gasteiger partial charge in [-0.2, -0.15) is 0 Å². The molecule has 0 amide bonds. The van der Waals surface area contributed by atoms with Crippen LogP contribution in [-0.4, -0.2) is 11.5 Å². The van der Waals surface area contributed by atoms with E-state index in [0.717, 1.165) is 24.7 Å². The molecule has 0 aliphatic heterocycles. The zero-order valence-corrected chi connectivity index (χ0v) is 11.4. The molecule has 0 atom stereocenters. The second-order valence-corrected chi connectivity index (χ2v) is 4.96. The Morgan fingerprint density at radius 2 is 1.95 bits per heavy atom. The van der Waals surface area contributed by atoms with Gasteiger partial charge in [0.05, 0.1) is 10.9 Å².